The van der Waals surface area contributed by atoms with Gasteiger partial charge in [-0.15, -0.1) is 0 Å². The number of piperidine rings is 1. The summed E-state index contributed by atoms with van der Waals surface area (Å²) in [5.74, 6) is 0.429. The minimum Gasteiger partial charge on any atom is -0.342 e. The van der Waals surface area contributed by atoms with Crippen molar-refractivity contribution in [3.05, 3.63) is 29.3 Å². The van der Waals surface area contributed by atoms with Crippen molar-refractivity contribution in [2.45, 2.75) is 43.9 Å². The molecule has 144 valence electrons. The molecule has 6 nitrogen and oxygen atoms in total. The van der Waals surface area contributed by atoms with Crippen molar-refractivity contribution in [3.63, 3.8) is 0 Å². The smallest absolute Gasteiger partial charge is 0.243 e. The van der Waals surface area contributed by atoms with E-state index in [0.29, 0.717) is 50.0 Å². The first-order valence-electron chi connectivity index (χ1n) is 9.49. The first kappa shape index (κ1) is 19.3. The molecule has 0 aliphatic carbocycles. The summed E-state index contributed by atoms with van der Waals surface area (Å²) in [6.45, 7) is 4.67. The monoisotopic (exact) mass is 379 g/mol. The van der Waals surface area contributed by atoms with Gasteiger partial charge in [0, 0.05) is 33.1 Å². The lowest BCUT2D eigenvalue weighted by Crippen LogP contribution is -2.40. The topological polar surface area (TPSA) is 83.7 Å². The van der Waals surface area contributed by atoms with Crippen LogP contribution in [0.25, 0.3) is 0 Å². The molecule has 3 rings (SSSR count). The molecular formula is C19H29N3O3S. The molecule has 1 atom stereocenters. The summed E-state index contributed by atoms with van der Waals surface area (Å²) in [5, 5.41) is 0. The molecule has 0 spiro atoms. The zero-order valence-electron chi connectivity index (χ0n) is 15.5. The molecule has 2 aliphatic rings. The van der Waals surface area contributed by atoms with Gasteiger partial charge in [-0.25, -0.2) is 8.42 Å². The second-order valence-corrected chi connectivity index (χ2v) is 9.32. The highest BCUT2D eigenvalue weighted by Crippen LogP contribution is 2.27. The van der Waals surface area contributed by atoms with Crippen molar-refractivity contribution < 1.29 is 13.2 Å². The fourth-order valence-electron chi connectivity index (χ4n) is 4.04. The zero-order valence-corrected chi connectivity index (χ0v) is 16.3. The molecule has 1 fully saturated rings. The molecule has 2 heterocycles. The van der Waals surface area contributed by atoms with E-state index in [0.717, 1.165) is 36.8 Å². The third-order valence-electron chi connectivity index (χ3n) is 5.62. The second kappa shape index (κ2) is 8.06. The van der Waals surface area contributed by atoms with Crippen LogP contribution in [0.1, 0.15) is 37.3 Å². The Morgan fingerprint density at radius 2 is 1.92 bits per heavy atom. The normalized spacial score (nSPS) is 21.9. The van der Waals surface area contributed by atoms with E-state index < -0.39 is 10.0 Å². The number of nitrogens with two attached hydrogens (primary N) is 1. The Labute approximate surface area is 156 Å². The van der Waals surface area contributed by atoms with Gasteiger partial charge in [0.1, 0.15) is 0 Å². The highest BCUT2D eigenvalue weighted by atomic mass is 32.2. The van der Waals surface area contributed by atoms with Gasteiger partial charge in [-0.3, -0.25) is 4.79 Å². The van der Waals surface area contributed by atoms with Gasteiger partial charge in [0.15, 0.2) is 0 Å². The van der Waals surface area contributed by atoms with Crippen molar-refractivity contribution in [1.29, 1.82) is 0 Å². The van der Waals surface area contributed by atoms with Gasteiger partial charge in [0.25, 0.3) is 0 Å². The average molecular weight is 380 g/mol. The molecule has 2 aliphatic heterocycles. The van der Waals surface area contributed by atoms with E-state index in [1.807, 2.05) is 17.0 Å². The van der Waals surface area contributed by atoms with Crippen LogP contribution in [0.2, 0.25) is 0 Å². The van der Waals surface area contributed by atoms with Crippen LogP contribution in [0.15, 0.2) is 23.1 Å². The molecule has 0 radical (unpaired) electrons. The number of amides is 1. The minimum absolute atomic E-state index is 0.0740. The summed E-state index contributed by atoms with van der Waals surface area (Å²) in [6.07, 6.45) is 4.29. The number of rotatable bonds is 4. The number of hydrogen-bond donors (Lipinski definition) is 1. The van der Waals surface area contributed by atoms with Crippen LogP contribution in [0.4, 0.5) is 0 Å². The summed E-state index contributed by atoms with van der Waals surface area (Å²) in [7, 11) is -3.48. The van der Waals surface area contributed by atoms with Crippen LogP contribution >= 0.6 is 0 Å². The Morgan fingerprint density at radius 3 is 2.62 bits per heavy atom. The van der Waals surface area contributed by atoms with Crippen molar-refractivity contribution in [1.82, 2.24) is 9.21 Å². The maximum absolute atomic E-state index is 13.1. The number of sulfonamides is 1. The van der Waals surface area contributed by atoms with E-state index in [4.69, 9.17) is 5.73 Å². The van der Waals surface area contributed by atoms with Gasteiger partial charge < -0.3 is 10.6 Å². The second-order valence-electron chi connectivity index (χ2n) is 7.39. The third kappa shape index (κ3) is 4.10. The molecule has 0 bridgehead atoms. The average Bonchev–Trinajstić information content (AvgIpc) is 2.84. The highest BCUT2D eigenvalue weighted by Gasteiger charge is 2.30. The molecule has 1 saturated heterocycles. The molecule has 1 amide bonds. The summed E-state index contributed by atoms with van der Waals surface area (Å²) in [6, 6.07) is 5.47. The number of benzene rings is 1. The Kier molecular flexibility index (Phi) is 5.99. The molecule has 7 heteroatoms. The van der Waals surface area contributed by atoms with Crippen LogP contribution in [0, 0.1) is 5.92 Å². The quantitative estimate of drug-likeness (QED) is 0.857. The number of carbonyl (C=O) groups is 1. The van der Waals surface area contributed by atoms with Gasteiger partial charge in [0.05, 0.1) is 4.90 Å². The molecule has 1 aromatic rings. The summed E-state index contributed by atoms with van der Waals surface area (Å²) >= 11 is 0. The number of hydrogen-bond acceptors (Lipinski definition) is 4. The van der Waals surface area contributed by atoms with E-state index in [1.165, 1.54) is 0 Å². The van der Waals surface area contributed by atoms with Crippen molar-refractivity contribution in [3.8, 4) is 0 Å². The lowest BCUT2D eigenvalue weighted by molar-refractivity contribution is -0.128. The van der Waals surface area contributed by atoms with Crippen LogP contribution < -0.4 is 5.73 Å². The predicted molar refractivity (Wildman–Crippen MR) is 101 cm³/mol. The number of nitrogens with zero attached hydrogens (tertiary/aromatic N) is 2. The van der Waals surface area contributed by atoms with Gasteiger partial charge in [-0.05, 0) is 67.8 Å². The SMILES string of the molecule is CC(=O)N1CCc2ccc(S(=O)(=O)N3CCCC(CCN)C3)cc2CC1. The van der Waals surface area contributed by atoms with E-state index in [2.05, 4.69) is 0 Å². The standard InChI is InChI=1S/C19H29N3O3S/c1-15(23)21-11-7-17-4-5-19(13-18(17)8-12-21)26(24,25)22-10-2-3-16(14-22)6-9-20/h4-5,13,16H,2-3,6-12,14,20H2,1H3. The molecule has 2 N–H and O–H groups in total. The Balaban J connectivity index is 1.80. The highest BCUT2D eigenvalue weighted by molar-refractivity contribution is 7.89. The van der Waals surface area contributed by atoms with Crippen molar-refractivity contribution in [2.24, 2.45) is 11.7 Å². The van der Waals surface area contributed by atoms with Gasteiger partial charge in [-0.1, -0.05) is 6.07 Å². The Hall–Kier alpha value is -1.44. The maximum Gasteiger partial charge on any atom is 0.243 e. The molecule has 1 aromatic carbocycles. The predicted octanol–water partition coefficient (Wildman–Crippen LogP) is 1.38. The number of fused-ring (bicyclic) bond motifs is 1. The number of carbonyl (C=O) groups excluding carboxylic acids is 1. The van der Waals surface area contributed by atoms with E-state index >= 15 is 0 Å². The molecule has 0 aromatic heterocycles. The lowest BCUT2D eigenvalue weighted by Gasteiger charge is -2.32. The first-order chi connectivity index (χ1) is 12.4. The van der Waals surface area contributed by atoms with Crippen molar-refractivity contribution in [2.75, 3.05) is 32.7 Å². The zero-order chi connectivity index (χ0) is 18.7. The molecule has 0 saturated carbocycles. The fraction of sp³-hybridized carbons (Fsp3) is 0.632. The van der Waals surface area contributed by atoms with Crippen LogP contribution in [0.5, 0.6) is 0 Å². The van der Waals surface area contributed by atoms with Crippen LogP contribution in [0.3, 0.4) is 0 Å². The Bertz CT molecular complexity index is 761. The molecule has 1 unspecified atom stereocenters. The fourth-order valence-corrected chi connectivity index (χ4v) is 5.65. The van der Waals surface area contributed by atoms with Gasteiger partial charge in [-0.2, -0.15) is 4.31 Å². The maximum atomic E-state index is 13.1. The summed E-state index contributed by atoms with van der Waals surface area (Å²) < 4.78 is 27.8. The van der Waals surface area contributed by atoms with Gasteiger partial charge >= 0.3 is 0 Å². The van der Waals surface area contributed by atoms with Crippen LogP contribution in [-0.2, 0) is 27.7 Å². The molecule has 26 heavy (non-hydrogen) atoms. The van der Waals surface area contributed by atoms with E-state index in [-0.39, 0.29) is 5.91 Å². The minimum atomic E-state index is -3.48. The van der Waals surface area contributed by atoms with Gasteiger partial charge in [0.2, 0.25) is 15.9 Å². The summed E-state index contributed by atoms with van der Waals surface area (Å²) in [5.41, 5.74) is 7.84. The van der Waals surface area contributed by atoms with Crippen LogP contribution in [-0.4, -0.2) is 56.3 Å². The van der Waals surface area contributed by atoms with E-state index in [9.17, 15) is 13.2 Å². The Morgan fingerprint density at radius 1 is 1.19 bits per heavy atom. The molecular weight excluding hydrogens is 350 g/mol. The first-order valence-corrected chi connectivity index (χ1v) is 10.9. The van der Waals surface area contributed by atoms with E-state index in [1.54, 1.807) is 17.3 Å². The lowest BCUT2D eigenvalue weighted by atomic mass is 9.96. The largest absolute Gasteiger partial charge is 0.342 e. The third-order valence-corrected chi connectivity index (χ3v) is 7.48. The van der Waals surface area contributed by atoms with Crippen molar-refractivity contribution >= 4 is 15.9 Å². The summed E-state index contributed by atoms with van der Waals surface area (Å²) in [4.78, 5) is 13.8.